The van der Waals surface area contributed by atoms with Crippen LogP contribution in [0.1, 0.15) is 15.9 Å². The monoisotopic (exact) mass is 614 g/mol. The molecule has 1 aromatic heterocycles. The number of hydrogen-bond donors (Lipinski definition) is 4. The number of halogens is 1. The van der Waals surface area contributed by atoms with Crippen LogP contribution in [0.15, 0.2) is 107 Å². The van der Waals surface area contributed by atoms with Crippen molar-refractivity contribution in [2.75, 3.05) is 13.6 Å². The number of nitrogens with one attached hydrogen (secondary N) is 3. The number of para-hydroxylation sites is 1. The molecule has 208 valence electrons. The molecular formula is C31H27BrN4O5. The number of ether oxygens (including phenoxy) is 1. The number of benzene rings is 3. The molecule has 41 heavy (non-hydrogen) atoms. The van der Waals surface area contributed by atoms with E-state index in [0.717, 1.165) is 32.8 Å². The minimum atomic E-state index is -1.05. The average molecular weight is 615 g/mol. The summed E-state index contributed by atoms with van der Waals surface area (Å²) >= 11 is 3.35. The largest absolute Gasteiger partial charge is 0.480 e. The summed E-state index contributed by atoms with van der Waals surface area (Å²) in [5.41, 5.74) is 3.65. The maximum atomic E-state index is 12.2. The van der Waals surface area contributed by atoms with E-state index < -0.39 is 12.1 Å². The Labute approximate surface area is 244 Å². The van der Waals surface area contributed by atoms with E-state index in [1.807, 2.05) is 37.4 Å². The molecule has 0 spiro atoms. The zero-order valence-electron chi connectivity index (χ0n) is 22.1. The molecule has 0 saturated carbocycles. The van der Waals surface area contributed by atoms with Crippen molar-refractivity contribution in [2.24, 2.45) is 4.99 Å². The molecule has 4 aromatic carbocycles. The number of hydrogen-bond acceptors (Lipinski definition) is 5. The SMILES string of the molecule is CNCc1cccc2c1[nH]c1cc(=NC(=O)Oc3ccc(Br)cc3)cccc12.O=C(O)CNC(=O)c1ccccc1. The van der Waals surface area contributed by atoms with Gasteiger partial charge in [0.05, 0.1) is 10.9 Å². The summed E-state index contributed by atoms with van der Waals surface area (Å²) in [6, 6.07) is 29.3. The first-order chi connectivity index (χ1) is 19.8. The number of carbonyl (C=O) groups excluding carboxylic acids is 2. The molecule has 0 unspecified atom stereocenters. The number of H-pyrrole nitrogens is 1. The third kappa shape index (κ3) is 8.10. The standard InChI is InChI=1S/C22H18BrN3O2.C9H9NO3/c1-24-13-14-4-2-7-19-18-6-3-5-16(12-20(18)26-21(14)19)25-22(27)28-17-10-8-15(23)9-11-17;11-8(12)6-10-9(13)7-4-2-1-3-5-7/h2-12,24,26H,13H2,1H3;1-5H,6H2,(H,10,13)(H,11,12). The van der Waals surface area contributed by atoms with Crippen molar-refractivity contribution in [3.8, 4) is 5.75 Å². The normalized spacial score (nSPS) is 11.0. The lowest BCUT2D eigenvalue weighted by molar-refractivity contribution is -0.135. The highest BCUT2D eigenvalue weighted by molar-refractivity contribution is 9.10. The van der Waals surface area contributed by atoms with Gasteiger partial charge in [-0.1, -0.05) is 64.5 Å². The lowest BCUT2D eigenvalue weighted by Gasteiger charge is -2.01. The van der Waals surface area contributed by atoms with Gasteiger partial charge in [-0.05, 0) is 61.1 Å². The summed E-state index contributed by atoms with van der Waals surface area (Å²) in [6.45, 7) is 0.417. The number of carboxylic acids is 1. The van der Waals surface area contributed by atoms with Crippen LogP contribution < -0.4 is 20.7 Å². The quantitative estimate of drug-likeness (QED) is 0.202. The second-order valence-corrected chi connectivity index (χ2v) is 9.71. The summed E-state index contributed by atoms with van der Waals surface area (Å²) < 4.78 is 6.20. The number of aliphatic carboxylic acids is 1. The lowest BCUT2D eigenvalue weighted by atomic mass is 10.1. The summed E-state index contributed by atoms with van der Waals surface area (Å²) in [6.07, 6.45) is -0.659. The van der Waals surface area contributed by atoms with Gasteiger partial charge < -0.3 is 25.5 Å². The number of fused-ring (bicyclic) bond motifs is 3. The summed E-state index contributed by atoms with van der Waals surface area (Å²) in [5.74, 6) is -0.975. The molecule has 4 N–H and O–H groups in total. The van der Waals surface area contributed by atoms with Gasteiger partial charge in [-0.3, -0.25) is 9.59 Å². The van der Waals surface area contributed by atoms with Gasteiger partial charge in [0.25, 0.3) is 5.91 Å². The first kappa shape index (κ1) is 29.2. The highest BCUT2D eigenvalue weighted by Gasteiger charge is 2.08. The molecule has 5 rings (SSSR count). The second kappa shape index (κ2) is 14.0. The van der Waals surface area contributed by atoms with E-state index in [1.54, 1.807) is 48.5 Å². The second-order valence-electron chi connectivity index (χ2n) is 8.79. The molecule has 0 atom stereocenters. The van der Waals surface area contributed by atoms with Crippen LogP contribution in [-0.4, -0.2) is 41.7 Å². The molecule has 0 bridgehead atoms. The van der Waals surface area contributed by atoms with Crippen molar-refractivity contribution in [1.29, 1.82) is 0 Å². The minimum absolute atomic E-state index is 0.353. The van der Waals surface area contributed by atoms with Crippen LogP contribution in [0.5, 0.6) is 5.75 Å². The van der Waals surface area contributed by atoms with Gasteiger partial charge in [-0.15, -0.1) is 0 Å². The summed E-state index contributed by atoms with van der Waals surface area (Å²) in [5, 5.41) is 16.5. The van der Waals surface area contributed by atoms with Crippen LogP contribution in [-0.2, 0) is 11.3 Å². The first-order valence-electron chi connectivity index (χ1n) is 12.6. The van der Waals surface area contributed by atoms with E-state index in [-0.39, 0.29) is 12.5 Å². The number of carbonyl (C=O) groups is 3. The molecule has 9 nitrogen and oxygen atoms in total. The Morgan fingerprint density at radius 2 is 1.61 bits per heavy atom. The van der Waals surface area contributed by atoms with Crippen LogP contribution >= 0.6 is 15.9 Å². The molecule has 2 amide bonds. The number of amides is 2. The van der Waals surface area contributed by atoms with Crippen LogP contribution in [0, 0.1) is 0 Å². The molecule has 0 aliphatic carbocycles. The Bertz CT molecular complexity index is 1750. The number of rotatable bonds is 6. The van der Waals surface area contributed by atoms with Crippen LogP contribution in [0.4, 0.5) is 4.79 Å². The van der Waals surface area contributed by atoms with E-state index in [1.165, 1.54) is 5.56 Å². The Kier molecular flexibility index (Phi) is 9.98. The number of nitrogens with zero attached hydrogens (tertiary/aromatic N) is 1. The topological polar surface area (TPSA) is 133 Å². The van der Waals surface area contributed by atoms with Crippen LogP contribution in [0.2, 0.25) is 0 Å². The predicted molar refractivity (Wildman–Crippen MR) is 161 cm³/mol. The van der Waals surface area contributed by atoms with Gasteiger partial charge in [0, 0.05) is 32.9 Å². The lowest BCUT2D eigenvalue weighted by Crippen LogP contribution is -2.29. The molecule has 0 saturated heterocycles. The fourth-order valence-electron chi connectivity index (χ4n) is 4.04. The van der Waals surface area contributed by atoms with Crippen molar-refractivity contribution >= 4 is 55.7 Å². The molecule has 5 aromatic rings. The number of aromatic amines is 1. The Hall–Kier alpha value is -4.80. The zero-order valence-corrected chi connectivity index (χ0v) is 23.6. The third-order valence-electron chi connectivity index (χ3n) is 5.86. The molecule has 1 heterocycles. The third-order valence-corrected chi connectivity index (χ3v) is 6.38. The zero-order chi connectivity index (χ0) is 29.2. The van der Waals surface area contributed by atoms with E-state index in [4.69, 9.17) is 9.84 Å². The van der Waals surface area contributed by atoms with Crippen molar-refractivity contribution in [3.05, 3.63) is 118 Å². The molecule has 0 radical (unpaired) electrons. The molecular weight excluding hydrogens is 588 g/mol. The molecule has 0 fully saturated rings. The van der Waals surface area contributed by atoms with Gasteiger partial charge in [-0.25, -0.2) is 4.79 Å². The maximum Gasteiger partial charge on any atom is 0.439 e. The summed E-state index contributed by atoms with van der Waals surface area (Å²) in [4.78, 5) is 41.0. The Morgan fingerprint density at radius 3 is 2.32 bits per heavy atom. The van der Waals surface area contributed by atoms with E-state index in [9.17, 15) is 14.4 Å². The van der Waals surface area contributed by atoms with Crippen molar-refractivity contribution in [2.45, 2.75) is 6.54 Å². The van der Waals surface area contributed by atoms with E-state index in [2.05, 4.69) is 54.7 Å². The van der Waals surface area contributed by atoms with Crippen LogP contribution in [0.25, 0.3) is 21.8 Å². The van der Waals surface area contributed by atoms with Crippen molar-refractivity contribution in [1.82, 2.24) is 15.6 Å². The van der Waals surface area contributed by atoms with Crippen molar-refractivity contribution < 1.29 is 24.2 Å². The van der Waals surface area contributed by atoms with Gasteiger partial charge in [0.15, 0.2) is 0 Å². The minimum Gasteiger partial charge on any atom is -0.480 e. The predicted octanol–water partition coefficient (Wildman–Crippen LogP) is 5.40. The van der Waals surface area contributed by atoms with E-state index in [0.29, 0.717) is 16.7 Å². The Balaban J connectivity index is 0.000000251. The fraction of sp³-hybridized carbons (Fsp3) is 0.0968. The summed E-state index contributed by atoms with van der Waals surface area (Å²) in [7, 11) is 1.93. The molecule has 10 heteroatoms. The highest BCUT2D eigenvalue weighted by Crippen LogP contribution is 2.26. The van der Waals surface area contributed by atoms with E-state index >= 15 is 0 Å². The van der Waals surface area contributed by atoms with Gasteiger partial charge >= 0.3 is 12.1 Å². The first-order valence-corrected chi connectivity index (χ1v) is 13.4. The van der Waals surface area contributed by atoms with Crippen LogP contribution in [0.3, 0.4) is 0 Å². The maximum absolute atomic E-state index is 12.2. The number of carboxylic acid groups (broad SMARTS) is 1. The van der Waals surface area contributed by atoms with Gasteiger partial charge in [0.2, 0.25) is 0 Å². The highest BCUT2D eigenvalue weighted by atomic mass is 79.9. The van der Waals surface area contributed by atoms with Gasteiger partial charge in [0.1, 0.15) is 12.3 Å². The average Bonchev–Trinajstić information content (AvgIpc) is 3.19. The molecule has 0 aliphatic rings. The molecule has 0 aliphatic heterocycles. The number of aromatic nitrogens is 1. The smallest absolute Gasteiger partial charge is 0.439 e. The fourth-order valence-corrected chi connectivity index (χ4v) is 4.30. The van der Waals surface area contributed by atoms with Gasteiger partial charge in [-0.2, -0.15) is 4.99 Å². The Morgan fingerprint density at radius 1 is 0.902 bits per heavy atom. The van der Waals surface area contributed by atoms with Crippen molar-refractivity contribution in [3.63, 3.8) is 0 Å².